The van der Waals surface area contributed by atoms with Gasteiger partial charge in [0.15, 0.2) is 0 Å². The third-order valence-corrected chi connectivity index (χ3v) is 3.95. The van der Waals surface area contributed by atoms with Crippen molar-refractivity contribution in [1.82, 2.24) is 4.90 Å². The first kappa shape index (κ1) is 16.8. The van der Waals surface area contributed by atoms with Gasteiger partial charge in [-0.15, -0.1) is 0 Å². The van der Waals surface area contributed by atoms with E-state index < -0.39 is 0 Å². The molecule has 0 saturated heterocycles. The highest BCUT2D eigenvalue weighted by atomic mass is 16.4. The largest absolute Gasteiger partial charge is 0.409 e. The van der Waals surface area contributed by atoms with Crippen LogP contribution in [0.25, 0.3) is 0 Å². The molecule has 0 bridgehead atoms. The number of hydrogen-bond acceptors (Lipinski definition) is 3. The minimum absolute atomic E-state index is 0.183. The van der Waals surface area contributed by atoms with Gasteiger partial charge < -0.3 is 15.8 Å². The Morgan fingerprint density at radius 3 is 2.55 bits per heavy atom. The predicted molar refractivity (Wildman–Crippen MR) is 80.6 cm³/mol. The first-order chi connectivity index (χ1) is 9.52. The Balaban J connectivity index is 2.41. The van der Waals surface area contributed by atoms with E-state index in [1.165, 1.54) is 25.7 Å². The highest BCUT2D eigenvalue weighted by Crippen LogP contribution is 2.28. The Labute approximate surface area is 122 Å². The second-order valence-corrected chi connectivity index (χ2v) is 6.26. The maximum atomic E-state index is 12.3. The van der Waals surface area contributed by atoms with Gasteiger partial charge in [-0.3, -0.25) is 4.79 Å². The maximum absolute atomic E-state index is 12.3. The summed E-state index contributed by atoms with van der Waals surface area (Å²) in [5.74, 6) is 1.56. The van der Waals surface area contributed by atoms with Gasteiger partial charge in [0.05, 0.1) is 0 Å². The molecule has 0 aromatic rings. The molecule has 116 valence electrons. The van der Waals surface area contributed by atoms with Crippen LogP contribution in [-0.2, 0) is 4.79 Å². The average molecular weight is 283 g/mol. The Morgan fingerprint density at radius 2 is 2.00 bits per heavy atom. The molecule has 3 N–H and O–H groups in total. The molecule has 0 unspecified atom stereocenters. The van der Waals surface area contributed by atoms with Gasteiger partial charge in [0.25, 0.3) is 0 Å². The van der Waals surface area contributed by atoms with Gasteiger partial charge in [-0.2, -0.15) is 0 Å². The van der Waals surface area contributed by atoms with Crippen molar-refractivity contribution in [3.8, 4) is 0 Å². The quantitative estimate of drug-likeness (QED) is 0.311. The molecule has 1 amide bonds. The number of nitrogens with zero attached hydrogens (tertiary/aromatic N) is 2. The molecule has 1 saturated carbocycles. The Kier molecular flexibility index (Phi) is 7.41. The van der Waals surface area contributed by atoms with Crippen molar-refractivity contribution >= 4 is 11.7 Å². The number of carbonyl (C=O) groups is 1. The van der Waals surface area contributed by atoms with Crippen LogP contribution >= 0.6 is 0 Å². The summed E-state index contributed by atoms with van der Waals surface area (Å²) in [5, 5.41) is 11.5. The lowest BCUT2D eigenvalue weighted by molar-refractivity contribution is -0.132. The summed E-state index contributed by atoms with van der Waals surface area (Å²) in [6.07, 6.45) is 7.27. The van der Waals surface area contributed by atoms with Crippen LogP contribution in [0.5, 0.6) is 0 Å². The monoisotopic (exact) mass is 283 g/mol. The lowest BCUT2D eigenvalue weighted by Gasteiger charge is -2.25. The SMILES string of the molecule is CC(C)CN(CCC(N)=NO)C(=O)CCC1CCCC1. The molecule has 5 heteroatoms. The molecule has 20 heavy (non-hydrogen) atoms. The van der Waals surface area contributed by atoms with Crippen LogP contribution in [0.3, 0.4) is 0 Å². The fourth-order valence-electron chi connectivity index (χ4n) is 2.84. The first-order valence-electron chi connectivity index (χ1n) is 7.77. The number of amidine groups is 1. The normalized spacial score (nSPS) is 16.9. The van der Waals surface area contributed by atoms with Crippen LogP contribution in [-0.4, -0.2) is 34.9 Å². The highest BCUT2D eigenvalue weighted by Gasteiger charge is 2.19. The summed E-state index contributed by atoms with van der Waals surface area (Å²) in [6, 6.07) is 0. The minimum Gasteiger partial charge on any atom is -0.409 e. The van der Waals surface area contributed by atoms with Crippen molar-refractivity contribution in [3.05, 3.63) is 0 Å². The third-order valence-electron chi connectivity index (χ3n) is 3.95. The van der Waals surface area contributed by atoms with Gasteiger partial charge in [0.2, 0.25) is 5.91 Å². The molecule has 1 aliphatic rings. The second kappa shape index (κ2) is 8.82. The van der Waals surface area contributed by atoms with Gasteiger partial charge in [-0.25, -0.2) is 0 Å². The van der Waals surface area contributed by atoms with Crippen LogP contribution in [0.15, 0.2) is 5.16 Å². The maximum Gasteiger partial charge on any atom is 0.222 e. The van der Waals surface area contributed by atoms with E-state index in [0.717, 1.165) is 18.9 Å². The first-order valence-corrected chi connectivity index (χ1v) is 7.77. The van der Waals surface area contributed by atoms with Crippen molar-refractivity contribution in [2.24, 2.45) is 22.7 Å². The molecule has 0 heterocycles. The molecule has 1 aliphatic carbocycles. The molecule has 0 spiro atoms. The number of rotatable bonds is 8. The topological polar surface area (TPSA) is 78.9 Å². The summed E-state index contributed by atoms with van der Waals surface area (Å²) in [4.78, 5) is 14.2. The molecule has 1 rings (SSSR count). The van der Waals surface area contributed by atoms with E-state index in [2.05, 4.69) is 19.0 Å². The number of carbonyl (C=O) groups excluding carboxylic acids is 1. The fraction of sp³-hybridized carbons (Fsp3) is 0.867. The zero-order chi connectivity index (χ0) is 15.0. The molecule has 0 atom stereocenters. The van der Waals surface area contributed by atoms with Crippen LogP contribution in [0.2, 0.25) is 0 Å². The van der Waals surface area contributed by atoms with Crippen LogP contribution in [0, 0.1) is 11.8 Å². The second-order valence-electron chi connectivity index (χ2n) is 6.26. The zero-order valence-electron chi connectivity index (χ0n) is 12.8. The van der Waals surface area contributed by atoms with Crippen molar-refractivity contribution in [2.45, 2.75) is 58.8 Å². The molecule has 0 aromatic heterocycles. The smallest absolute Gasteiger partial charge is 0.222 e. The standard InChI is InChI=1S/C15H29N3O2/c1-12(2)11-18(10-9-14(16)17-20)15(19)8-7-13-5-3-4-6-13/h12-13,20H,3-11H2,1-2H3,(H2,16,17). The van der Waals surface area contributed by atoms with Gasteiger partial charge in [0, 0.05) is 25.9 Å². The molecule has 1 fully saturated rings. The fourth-order valence-corrected chi connectivity index (χ4v) is 2.84. The molecule has 5 nitrogen and oxygen atoms in total. The van der Waals surface area contributed by atoms with E-state index in [0.29, 0.717) is 25.3 Å². The van der Waals surface area contributed by atoms with Crippen LogP contribution < -0.4 is 5.73 Å². The van der Waals surface area contributed by atoms with Crippen molar-refractivity contribution in [1.29, 1.82) is 0 Å². The predicted octanol–water partition coefficient (Wildman–Crippen LogP) is 2.58. The Bertz CT molecular complexity index is 323. The molecule has 0 aromatic carbocycles. The van der Waals surface area contributed by atoms with Crippen molar-refractivity contribution < 1.29 is 10.0 Å². The Hall–Kier alpha value is -1.26. The summed E-state index contributed by atoms with van der Waals surface area (Å²) < 4.78 is 0. The molecule has 0 aliphatic heterocycles. The van der Waals surface area contributed by atoms with E-state index in [-0.39, 0.29) is 11.7 Å². The highest BCUT2D eigenvalue weighted by molar-refractivity contribution is 5.81. The van der Waals surface area contributed by atoms with E-state index in [1.54, 1.807) is 0 Å². The molecular weight excluding hydrogens is 254 g/mol. The van der Waals surface area contributed by atoms with E-state index in [1.807, 2.05) is 4.90 Å². The van der Waals surface area contributed by atoms with Gasteiger partial charge >= 0.3 is 0 Å². The Morgan fingerprint density at radius 1 is 1.35 bits per heavy atom. The van der Waals surface area contributed by atoms with Gasteiger partial charge in [-0.1, -0.05) is 44.7 Å². The van der Waals surface area contributed by atoms with Crippen LogP contribution in [0.1, 0.15) is 58.8 Å². The zero-order valence-corrected chi connectivity index (χ0v) is 12.8. The third kappa shape index (κ3) is 6.26. The minimum atomic E-state index is 0.183. The average Bonchev–Trinajstić information content (AvgIpc) is 2.93. The van der Waals surface area contributed by atoms with E-state index in [4.69, 9.17) is 10.9 Å². The lowest BCUT2D eigenvalue weighted by atomic mass is 10.0. The van der Waals surface area contributed by atoms with Gasteiger partial charge in [0.1, 0.15) is 5.84 Å². The number of oxime groups is 1. The molecule has 0 radical (unpaired) electrons. The number of amides is 1. The van der Waals surface area contributed by atoms with Gasteiger partial charge in [-0.05, 0) is 18.3 Å². The number of hydrogen-bond donors (Lipinski definition) is 2. The summed E-state index contributed by atoms with van der Waals surface area (Å²) in [5.41, 5.74) is 5.49. The summed E-state index contributed by atoms with van der Waals surface area (Å²) in [7, 11) is 0. The lowest BCUT2D eigenvalue weighted by Crippen LogP contribution is -2.36. The number of nitrogens with two attached hydrogens (primary N) is 1. The van der Waals surface area contributed by atoms with E-state index in [9.17, 15) is 4.79 Å². The van der Waals surface area contributed by atoms with Crippen molar-refractivity contribution in [2.75, 3.05) is 13.1 Å². The van der Waals surface area contributed by atoms with E-state index >= 15 is 0 Å². The summed E-state index contributed by atoms with van der Waals surface area (Å²) in [6.45, 7) is 5.47. The van der Waals surface area contributed by atoms with Crippen LogP contribution in [0.4, 0.5) is 0 Å². The van der Waals surface area contributed by atoms with Crippen molar-refractivity contribution in [3.63, 3.8) is 0 Å². The molecular formula is C15H29N3O2. The summed E-state index contributed by atoms with van der Waals surface area (Å²) >= 11 is 0.